The first-order valence-corrected chi connectivity index (χ1v) is 5.09. The number of aryl methyl sites for hydroxylation is 1. The van der Waals surface area contributed by atoms with Gasteiger partial charge in [0.25, 0.3) is 11.8 Å². The Kier molecular flexibility index (Phi) is 4.78. The lowest BCUT2D eigenvalue weighted by atomic mass is 10.3. The number of hydrogen-bond donors (Lipinski definition) is 2. The zero-order chi connectivity index (χ0) is 12.0. The maximum Gasteiger partial charge on any atom is 0.258 e. The summed E-state index contributed by atoms with van der Waals surface area (Å²) in [5, 5.41) is 15.2. The Morgan fingerprint density at radius 1 is 1.75 bits per heavy atom. The molecular formula is C10H16N2O4. The highest BCUT2D eigenvalue weighted by molar-refractivity contribution is 5.77. The van der Waals surface area contributed by atoms with E-state index in [4.69, 9.17) is 14.4 Å². The molecule has 0 aliphatic rings. The molecule has 0 aromatic carbocycles. The molecule has 1 unspecified atom stereocenters. The van der Waals surface area contributed by atoms with E-state index in [0.717, 1.165) is 0 Å². The molecule has 2 N–H and O–H groups in total. The fourth-order valence-electron chi connectivity index (χ4n) is 1.02. The number of aromatic nitrogens is 1. The molecule has 1 atom stereocenters. The Labute approximate surface area is 93.6 Å². The van der Waals surface area contributed by atoms with E-state index in [-0.39, 0.29) is 12.5 Å². The van der Waals surface area contributed by atoms with Crippen molar-refractivity contribution >= 4 is 5.91 Å². The summed E-state index contributed by atoms with van der Waals surface area (Å²) in [6, 6.07) is 1.60. The lowest BCUT2D eigenvalue weighted by Gasteiger charge is -2.06. The van der Waals surface area contributed by atoms with Gasteiger partial charge in [0.1, 0.15) is 5.76 Å². The maximum atomic E-state index is 11.2. The average Bonchev–Trinajstić information content (AvgIpc) is 2.61. The molecule has 16 heavy (non-hydrogen) atoms. The third-order valence-electron chi connectivity index (χ3n) is 1.84. The molecule has 1 amide bonds. The summed E-state index contributed by atoms with van der Waals surface area (Å²) in [6.07, 6.45) is 0.105. The van der Waals surface area contributed by atoms with Gasteiger partial charge in [0, 0.05) is 12.6 Å². The molecule has 0 bridgehead atoms. The van der Waals surface area contributed by atoms with Crippen LogP contribution in [0.15, 0.2) is 10.6 Å². The summed E-state index contributed by atoms with van der Waals surface area (Å²) < 4.78 is 9.84. The quantitative estimate of drug-likeness (QED) is 0.729. The van der Waals surface area contributed by atoms with Crippen molar-refractivity contribution in [2.75, 3.05) is 13.2 Å². The highest BCUT2D eigenvalue weighted by Gasteiger charge is 2.05. The third kappa shape index (κ3) is 4.79. The Morgan fingerprint density at radius 2 is 2.50 bits per heavy atom. The summed E-state index contributed by atoms with van der Waals surface area (Å²) >= 11 is 0. The summed E-state index contributed by atoms with van der Waals surface area (Å²) in [5.41, 5.74) is 0. The van der Waals surface area contributed by atoms with Crippen LogP contribution in [0.2, 0.25) is 0 Å². The minimum absolute atomic E-state index is 0.105. The molecule has 1 rings (SSSR count). The van der Waals surface area contributed by atoms with Crippen LogP contribution in [0.4, 0.5) is 0 Å². The van der Waals surface area contributed by atoms with Crippen molar-refractivity contribution in [3.05, 3.63) is 11.8 Å². The van der Waals surface area contributed by atoms with Crippen LogP contribution >= 0.6 is 0 Å². The number of nitrogens with one attached hydrogen (secondary N) is 1. The first-order valence-electron chi connectivity index (χ1n) is 5.09. The molecule has 0 aliphatic heterocycles. The van der Waals surface area contributed by atoms with Gasteiger partial charge in [0.05, 0.1) is 6.10 Å². The van der Waals surface area contributed by atoms with Crippen molar-refractivity contribution in [1.29, 1.82) is 0 Å². The standard InChI is InChI=1S/C10H16N2O4/c1-7(13)3-4-11-9(14)6-15-10-5-8(2)16-12-10/h5,7,13H,3-4,6H2,1-2H3,(H,11,14). The number of carbonyl (C=O) groups excluding carboxylic acids is 1. The SMILES string of the molecule is Cc1cc(OCC(=O)NCCC(C)O)no1. The van der Waals surface area contributed by atoms with Gasteiger partial charge in [0.2, 0.25) is 0 Å². The highest BCUT2D eigenvalue weighted by Crippen LogP contribution is 2.09. The predicted molar refractivity (Wildman–Crippen MR) is 56.0 cm³/mol. The van der Waals surface area contributed by atoms with Gasteiger partial charge >= 0.3 is 0 Å². The number of amides is 1. The van der Waals surface area contributed by atoms with Crippen LogP contribution in [0, 0.1) is 6.92 Å². The van der Waals surface area contributed by atoms with E-state index in [0.29, 0.717) is 24.6 Å². The fraction of sp³-hybridized carbons (Fsp3) is 0.600. The van der Waals surface area contributed by atoms with E-state index < -0.39 is 6.10 Å². The fourth-order valence-corrected chi connectivity index (χ4v) is 1.02. The van der Waals surface area contributed by atoms with Crippen LogP contribution in [0.3, 0.4) is 0 Å². The predicted octanol–water partition coefficient (Wildman–Crippen LogP) is 0.249. The third-order valence-corrected chi connectivity index (χ3v) is 1.84. The Bertz CT molecular complexity index is 335. The number of nitrogens with zero attached hydrogens (tertiary/aromatic N) is 1. The van der Waals surface area contributed by atoms with E-state index >= 15 is 0 Å². The molecular weight excluding hydrogens is 212 g/mol. The van der Waals surface area contributed by atoms with Gasteiger partial charge in [-0.3, -0.25) is 4.79 Å². The number of aliphatic hydroxyl groups is 1. The number of ether oxygens (including phenoxy) is 1. The van der Waals surface area contributed by atoms with Crippen LogP contribution in [0.5, 0.6) is 5.88 Å². The molecule has 0 fully saturated rings. The van der Waals surface area contributed by atoms with Crippen molar-refractivity contribution in [3.8, 4) is 5.88 Å². The minimum atomic E-state index is -0.417. The molecule has 0 aliphatic carbocycles. The second-order valence-corrected chi connectivity index (χ2v) is 3.55. The van der Waals surface area contributed by atoms with Gasteiger partial charge in [-0.1, -0.05) is 0 Å². The summed E-state index contributed by atoms with van der Waals surface area (Å²) in [5.74, 6) is 0.675. The van der Waals surface area contributed by atoms with E-state index in [1.807, 2.05) is 0 Å². The van der Waals surface area contributed by atoms with Crippen LogP contribution in [0.1, 0.15) is 19.1 Å². The highest BCUT2D eigenvalue weighted by atomic mass is 16.5. The number of aliphatic hydroxyl groups excluding tert-OH is 1. The molecule has 1 aromatic rings. The van der Waals surface area contributed by atoms with Crippen molar-refractivity contribution in [3.63, 3.8) is 0 Å². The Balaban J connectivity index is 2.15. The lowest BCUT2D eigenvalue weighted by molar-refractivity contribution is -0.123. The second-order valence-electron chi connectivity index (χ2n) is 3.55. The van der Waals surface area contributed by atoms with E-state index in [2.05, 4.69) is 10.5 Å². The lowest BCUT2D eigenvalue weighted by Crippen LogP contribution is -2.31. The van der Waals surface area contributed by atoms with E-state index in [1.54, 1.807) is 19.9 Å². The Morgan fingerprint density at radius 3 is 3.06 bits per heavy atom. The summed E-state index contributed by atoms with van der Waals surface area (Å²) in [4.78, 5) is 11.2. The normalized spacial score (nSPS) is 12.2. The topological polar surface area (TPSA) is 84.6 Å². The van der Waals surface area contributed by atoms with Crippen LogP contribution in [-0.4, -0.2) is 35.4 Å². The summed E-state index contributed by atoms with van der Waals surface area (Å²) in [7, 11) is 0. The molecule has 1 aromatic heterocycles. The molecule has 1 heterocycles. The van der Waals surface area contributed by atoms with Gasteiger partial charge in [-0.25, -0.2) is 0 Å². The number of carbonyl (C=O) groups is 1. The van der Waals surface area contributed by atoms with Crippen molar-refractivity contribution < 1.29 is 19.2 Å². The summed E-state index contributed by atoms with van der Waals surface area (Å²) in [6.45, 7) is 3.73. The maximum absolute atomic E-state index is 11.2. The molecule has 0 radical (unpaired) electrons. The number of hydrogen-bond acceptors (Lipinski definition) is 5. The first kappa shape index (κ1) is 12.5. The van der Waals surface area contributed by atoms with Crippen LogP contribution < -0.4 is 10.1 Å². The Hall–Kier alpha value is -1.56. The molecule has 0 spiro atoms. The molecule has 6 heteroatoms. The van der Waals surface area contributed by atoms with Gasteiger partial charge in [-0.05, 0) is 25.4 Å². The van der Waals surface area contributed by atoms with Gasteiger partial charge in [-0.15, -0.1) is 0 Å². The molecule has 90 valence electrons. The van der Waals surface area contributed by atoms with Crippen molar-refractivity contribution in [2.24, 2.45) is 0 Å². The van der Waals surface area contributed by atoms with Crippen molar-refractivity contribution in [2.45, 2.75) is 26.4 Å². The van der Waals surface area contributed by atoms with Crippen LogP contribution in [-0.2, 0) is 4.79 Å². The monoisotopic (exact) mass is 228 g/mol. The average molecular weight is 228 g/mol. The number of rotatable bonds is 6. The largest absolute Gasteiger partial charge is 0.465 e. The zero-order valence-electron chi connectivity index (χ0n) is 9.40. The smallest absolute Gasteiger partial charge is 0.258 e. The van der Waals surface area contributed by atoms with E-state index in [9.17, 15) is 4.79 Å². The van der Waals surface area contributed by atoms with Gasteiger partial charge in [0.15, 0.2) is 6.61 Å². The zero-order valence-corrected chi connectivity index (χ0v) is 9.40. The molecule has 6 nitrogen and oxygen atoms in total. The van der Waals surface area contributed by atoms with Gasteiger partial charge < -0.3 is 19.7 Å². The van der Waals surface area contributed by atoms with Gasteiger partial charge in [-0.2, -0.15) is 0 Å². The van der Waals surface area contributed by atoms with E-state index in [1.165, 1.54) is 0 Å². The van der Waals surface area contributed by atoms with Crippen LogP contribution in [0.25, 0.3) is 0 Å². The minimum Gasteiger partial charge on any atom is -0.465 e. The second kappa shape index (κ2) is 6.12. The van der Waals surface area contributed by atoms with Crippen molar-refractivity contribution in [1.82, 2.24) is 10.5 Å². The molecule has 0 saturated heterocycles. The first-order chi connectivity index (χ1) is 7.58. The molecule has 0 saturated carbocycles.